The van der Waals surface area contributed by atoms with Crippen LogP contribution in [-0.4, -0.2) is 41.5 Å². The fourth-order valence-corrected chi connectivity index (χ4v) is 4.89. The lowest BCUT2D eigenvalue weighted by Crippen LogP contribution is -2.54. The second-order valence-electron chi connectivity index (χ2n) is 7.49. The van der Waals surface area contributed by atoms with E-state index in [1.165, 1.54) is 57.3 Å². The lowest BCUT2D eigenvalue weighted by Gasteiger charge is -2.47. The first-order valence-corrected chi connectivity index (χ1v) is 8.86. The van der Waals surface area contributed by atoms with Crippen LogP contribution in [0.2, 0.25) is 0 Å². The molecule has 4 unspecified atom stereocenters. The molecular weight excluding hydrogens is 256 g/mol. The molecule has 0 spiro atoms. The maximum absolute atomic E-state index is 2.88. The topological polar surface area (TPSA) is 6.48 Å². The first-order valence-electron chi connectivity index (χ1n) is 8.86. The van der Waals surface area contributed by atoms with E-state index in [1.54, 1.807) is 0 Å². The summed E-state index contributed by atoms with van der Waals surface area (Å²) in [6, 6.07) is 13.5. The van der Waals surface area contributed by atoms with Crippen LogP contribution in [0.4, 0.5) is 0 Å². The van der Waals surface area contributed by atoms with Crippen molar-refractivity contribution in [2.75, 3.05) is 19.6 Å². The molecule has 0 N–H and O–H groups in total. The van der Waals surface area contributed by atoms with Crippen LogP contribution in [0, 0.1) is 5.92 Å². The van der Waals surface area contributed by atoms with E-state index < -0.39 is 0 Å². The Morgan fingerprint density at radius 3 is 2.57 bits per heavy atom. The molecule has 114 valence electrons. The molecule has 1 aromatic rings. The van der Waals surface area contributed by atoms with Crippen molar-refractivity contribution in [3.05, 3.63) is 35.9 Å². The first kappa shape index (κ1) is 13.8. The predicted octanol–water partition coefficient (Wildman–Crippen LogP) is 3.70. The summed E-state index contributed by atoms with van der Waals surface area (Å²) < 4.78 is 0. The van der Waals surface area contributed by atoms with Crippen LogP contribution in [0.25, 0.3) is 0 Å². The molecule has 0 amide bonds. The molecule has 1 aliphatic carbocycles. The van der Waals surface area contributed by atoms with Crippen molar-refractivity contribution in [1.29, 1.82) is 0 Å². The fraction of sp³-hybridized carbons (Fsp3) is 0.684. The Morgan fingerprint density at radius 2 is 1.81 bits per heavy atom. The molecule has 2 heterocycles. The van der Waals surface area contributed by atoms with E-state index >= 15 is 0 Å². The molecule has 2 saturated heterocycles. The van der Waals surface area contributed by atoms with Crippen molar-refractivity contribution in [2.24, 2.45) is 5.92 Å². The van der Waals surface area contributed by atoms with Crippen LogP contribution in [0.1, 0.15) is 50.6 Å². The smallest absolute Gasteiger partial charge is 0.0478 e. The highest BCUT2D eigenvalue weighted by molar-refractivity contribution is 5.21. The minimum absolute atomic E-state index is 0.621. The predicted molar refractivity (Wildman–Crippen MR) is 87.3 cm³/mol. The summed E-state index contributed by atoms with van der Waals surface area (Å²) >= 11 is 0. The van der Waals surface area contributed by atoms with Gasteiger partial charge in [-0.3, -0.25) is 9.80 Å². The zero-order chi connectivity index (χ0) is 14.2. The number of hydrogen-bond donors (Lipinski definition) is 0. The molecule has 2 heteroatoms. The van der Waals surface area contributed by atoms with Crippen molar-refractivity contribution < 1.29 is 0 Å². The van der Waals surface area contributed by atoms with Gasteiger partial charge in [-0.15, -0.1) is 0 Å². The first-order chi connectivity index (χ1) is 10.3. The van der Waals surface area contributed by atoms with E-state index in [0.717, 1.165) is 18.0 Å². The molecule has 0 bridgehead atoms. The van der Waals surface area contributed by atoms with Gasteiger partial charge in [-0.25, -0.2) is 0 Å². The summed E-state index contributed by atoms with van der Waals surface area (Å²) in [5, 5.41) is 0. The van der Waals surface area contributed by atoms with Gasteiger partial charge < -0.3 is 0 Å². The van der Waals surface area contributed by atoms with Crippen molar-refractivity contribution in [3.63, 3.8) is 0 Å². The van der Waals surface area contributed by atoms with Crippen molar-refractivity contribution >= 4 is 0 Å². The van der Waals surface area contributed by atoms with E-state index in [2.05, 4.69) is 47.1 Å². The average Bonchev–Trinajstić information content (AvgIpc) is 3.15. The lowest BCUT2D eigenvalue weighted by atomic mass is 9.97. The third-order valence-corrected chi connectivity index (χ3v) is 6.05. The van der Waals surface area contributed by atoms with Gasteiger partial charge in [0, 0.05) is 31.2 Å². The third kappa shape index (κ3) is 2.64. The minimum Gasteiger partial charge on any atom is -0.297 e. The molecule has 0 aromatic heterocycles. The van der Waals surface area contributed by atoms with Crippen LogP contribution in [-0.2, 0) is 0 Å². The Morgan fingerprint density at radius 1 is 0.952 bits per heavy atom. The summed E-state index contributed by atoms with van der Waals surface area (Å²) in [6.07, 6.45) is 7.08. The fourth-order valence-electron chi connectivity index (χ4n) is 4.89. The maximum Gasteiger partial charge on any atom is 0.0478 e. The van der Waals surface area contributed by atoms with Crippen LogP contribution in [0.3, 0.4) is 0 Å². The van der Waals surface area contributed by atoms with Gasteiger partial charge in [0.15, 0.2) is 0 Å². The highest BCUT2D eigenvalue weighted by atomic mass is 15.3. The molecule has 4 rings (SSSR count). The number of benzene rings is 1. The number of nitrogens with zero attached hydrogens (tertiary/aromatic N) is 2. The van der Waals surface area contributed by atoms with Crippen molar-refractivity contribution in [3.8, 4) is 0 Å². The third-order valence-electron chi connectivity index (χ3n) is 6.05. The number of piperazine rings is 1. The molecule has 0 radical (unpaired) electrons. The average molecular weight is 284 g/mol. The number of hydrogen-bond acceptors (Lipinski definition) is 2. The Balaban J connectivity index is 1.60. The Bertz CT molecular complexity index is 472. The molecular formula is C19H28N2. The zero-order valence-electron chi connectivity index (χ0n) is 13.2. The van der Waals surface area contributed by atoms with Crippen LogP contribution in [0.5, 0.6) is 0 Å². The van der Waals surface area contributed by atoms with E-state index in [9.17, 15) is 0 Å². The molecule has 2 nitrogen and oxygen atoms in total. The molecule has 1 saturated carbocycles. The van der Waals surface area contributed by atoms with Gasteiger partial charge in [0.25, 0.3) is 0 Å². The Hall–Kier alpha value is -0.860. The van der Waals surface area contributed by atoms with Gasteiger partial charge in [-0.1, -0.05) is 37.3 Å². The summed E-state index contributed by atoms with van der Waals surface area (Å²) in [5.74, 6) is 0.924. The van der Waals surface area contributed by atoms with Crippen LogP contribution < -0.4 is 0 Å². The van der Waals surface area contributed by atoms with Crippen molar-refractivity contribution in [1.82, 2.24) is 9.80 Å². The quantitative estimate of drug-likeness (QED) is 0.817. The van der Waals surface area contributed by atoms with E-state index in [0.29, 0.717) is 6.04 Å². The van der Waals surface area contributed by atoms with E-state index in [-0.39, 0.29) is 0 Å². The van der Waals surface area contributed by atoms with E-state index in [4.69, 9.17) is 0 Å². The van der Waals surface area contributed by atoms with Gasteiger partial charge in [-0.05, 0) is 50.1 Å². The van der Waals surface area contributed by atoms with Gasteiger partial charge >= 0.3 is 0 Å². The van der Waals surface area contributed by atoms with Crippen LogP contribution >= 0.6 is 0 Å². The van der Waals surface area contributed by atoms with Gasteiger partial charge in [-0.2, -0.15) is 0 Å². The highest BCUT2D eigenvalue weighted by Crippen LogP contribution is 2.39. The molecule has 1 aromatic carbocycles. The van der Waals surface area contributed by atoms with Gasteiger partial charge in [0.05, 0.1) is 0 Å². The summed E-state index contributed by atoms with van der Waals surface area (Å²) in [6.45, 7) is 6.31. The lowest BCUT2D eigenvalue weighted by molar-refractivity contribution is 0.0197. The Labute approximate surface area is 129 Å². The minimum atomic E-state index is 0.621. The van der Waals surface area contributed by atoms with Gasteiger partial charge in [0.2, 0.25) is 0 Å². The van der Waals surface area contributed by atoms with E-state index in [1.807, 2.05) is 0 Å². The summed E-state index contributed by atoms with van der Waals surface area (Å²) in [7, 11) is 0. The molecule has 2 aliphatic heterocycles. The molecule has 4 atom stereocenters. The standard InChI is InChI=1S/C19H28N2/c1-15-9-10-17(12-15)21-13-18-8-5-11-20(18)14-19(21)16-6-3-2-4-7-16/h2-4,6-7,15,17-19H,5,8-14H2,1H3. The van der Waals surface area contributed by atoms with Crippen LogP contribution in [0.15, 0.2) is 30.3 Å². The number of fused-ring (bicyclic) bond motifs is 1. The number of rotatable bonds is 2. The summed E-state index contributed by atoms with van der Waals surface area (Å²) in [4.78, 5) is 5.64. The SMILES string of the molecule is CC1CCC(N2CC3CCCN3CC2c2ccccc2)C1. The zero-order valence-corrected chi connectivity index (χ0v) is 13.2. The monoisotopic (exact) mass is 284 g/mol. The normalized spacial score (nSPS) is 37.8. The van der Waals surface area contributed by atoms with Crippen molar-refractivity contribution in [2.45, 2.75) is 57.2 Å². The largest absolute Gasteiger partial charge is 0.297 e. The second kappa shape index (κ2) is 5.73. The summed E-state index contributed by atoms with van der Waals surface area (Å²) in [5.41, 5.74) is 1.53. The molecule has 3 fully saturated rings. The Kier molecular flexibility index (Phi) is 3.76. The maximum atomic E-state index is 2.88. The highest BCUT2D eigenvalue weighted by Gasteiger charge is 2.41. The van der Waals surface area contributed by atoms with Gasteiger partial charge in [0.1, 0.15) is 0 Å². The molecule has 21 heavy (non-hydrogen) atoms. The second-order valence-corrected chi connectivity index (χ2v) is 7.49. The molecule has 3 aliphatic rings.